The number of benzene rings is 1. The maximum absolute atomic E-state index is 12.4. The van der Waals surface area contributed by atoms with Gasteiger partial charge in [-0.05, 0) is 44.0 Å². The summed E-state index contributed by atoms with van der Waals surface area (Å²) in [5.41, 5.74) is 3.96. The summed E-state index contributed by atoms with van der Waals surface area (Å²) in [5, 5.41) is 12.1. The van der Waals surface area contributed by atoms with E-state index in [-0.39, 0.29) is 29.2 Å². The molecule has 1 aromatic carbocycles. The number of rotatable bonds is 6. The highest BCUT2D eigenvalue weighted by molar-refractivity contribution is 7.99. The summed E-state index contributed by atoms with van der Waals surface area (Å²) in [7, 11) is -3.04. The number of carbonyl (C=O) groups excluding carboxylic acids is 1. The number of aryl methyl sites for hydroxylation is 2. The van der Waals surface area contributed by atoms with E-state index in [1.807, 2.05) is 42.7 Å². The van der Waals surface area contributed by atoms with Crippen molar-refractivity contribution in [2.45, 2.75) is 31.5 Å². The minimum atomic E-state index is -3.04. The molecular formula is C21H23N5O3S2. The van der Waals surface area contributed by atoms with Crippen molar-refractivity contribution in [1.29, 1.82) is 0 Å². The Kier molecular flexibility index (Phi) is 6.10. The maximum Gasteiger partial charge on any atom is 0.230 e. The SMILES string of the molecule is Cc1ccc(-n2c(SCC(=O)N[C@@H]3CCS(=O)(=O)C3)nnc2-c2cccnc2)c(C)c1. The lowest BCUT2D eigenvalue weighted by atomic mass is 10.1. The molecule has 1 atom stereocenters. The molecule has 162 valence electrons. The number of pyridine rings is 1. The number of hydrogen-bond donors (Lipinski definition) is 1. The molecule has 0 unspecified atom stereocenters. The molecule has 1 aliphatic rings. The van der Waals surface area contributed by atoms with Crippen LogP contribution >= 0.6 is 11.8 Å². The van der Waals surface area contributed by atoms with Crippen LogP contribution in [-0.2, 0) is 14.6 Å². The van der Waals surface area contributed by atoms with Gasteiger partial charge in [-0.15, -0.1) is 10.2 Å². The van der Waals surface area contributed by atoms with Crippen LogP contribution in [0.3, 0.4) is 0 Å². The minimum Gasteiger partial charge on any atom is -0.352 e. The van der Waals surface area contributed by atoms with Crippen molar-refractivity contribution >= 4 is 27.5 Å². The second kappa shape index (κ2) is 8.80. The van der Waals surface area contributed by atoms with Gasteiger partial charge in [-0.1, -0.05) is 29.5 Å². The molecule has 31 heavy (non-hydrogen) atoms. The van der Waals surface area contributed by atoms with Crippen LogP contribution < -0.4 is 5.32 Å². The Balaban J connectivity index is 1.59. The predicted molar refractivity (Wildman–Crippen MR) is 120 cm³/mol. The van der Waals surface area contributed by atoms with Gasteiger partial charge in [-0.3, -0.25) is 14.3 Å². The predicted octanol–water partition coefficient (Wildman–Crippen LogP) is 2.34. The highest BCUT2D eigenvalue weighted by atomic mass is 32.2. The number of hydrogen-bond acceptors (Lipinski definition) is 7. The van der Waals surface area contributed by atoms with E-state index in [1.165, 1.54) is 11.8 Å². The van der Waals surface area contributed by atoms with Crippen LogP contribution in [0.15, 0.2) is 47.9 Å². The standard InChI is InChI=1S/C21H23N5O3S2/c1-14-5-6-18(15(2)10-14)26-20(16-4-3-8-22-11-16)24-25-21(26)30-12-19(27)23-17-7-9-31(28,29)13-17/h3-6,8,10-11,17H,7,9,12-13H2,1-2H3,(H,23,27)/t17-/m1/s1. The van der Waals surface area contributed by atoms with Gasteiger partial charge in [-0.25, -0.2) is 8.42 Å². The van der Waals surface area contributed by atoms with Crippen LogP contribution in [0.4, 0.5) is 0 Å². The minimum absolute atomic E-state index is 0.00725. The van der Waals surface area contributed by atoms with Crippen molar-refractivity contribution in [3.05, 3.63) is 53.9 Å². The number of aromatic nitrogens is 4. The molecule has 2 aromatic heterocycles. The quantitative estimate of drug-likeness (QED) is 0.566. The Morgan fingerprint density at radius 1 is 1.26 bits per heavy atom. The molecule has 0 aliphatic carbocycles. The second-order valence-electron chi connectivity index (χ2n) is 7.63. The van der Waals surface area contributed by atoms with E-state index in [1.54, 1.807) is 12.4 Å². The van der Waals surface area contributed by atoms with E-state index in [2.05, 4.69) is 26.6 Å². The van der Waals surface area contributed by atoms with Gasteiger partial charge in [0, 0.05) is 24.0 Å². The lowest BCUT2D eigenvalue weighted by molar-refractivity contribution is -0.119. The van der Waals surface area contributed by atoms with Crippen LogP contribution in [0, 0.1) is 13.8 Å². The first kappa shape index (κ1) is 21.5. The van der Waals surface area contributed by atoms with Crippen molar-refractivity contribution in [2.24, 2.45) is 0 Å². The highest BCUT2D eigenvalue weighted by Crippen LogP contribution is 2.29. The first-order valence-corrected chi connectivity index (χ1v) is 12.7. The van der Waals surface area contributed by atoms with Crippen LogP contribution in [0.2, 0.25) is 0 Å². The van der Waals surface area contributed by atoms with Gasteiger partial charge in [-0.2, -0.15) is 0 Å². The van der Waals surface area contributed by atoms with E-state index >= 15 is 0 Å². The fourth-order valence-electron chi connectivity index (χ4n) is 3.63. The van der Waals surface area contributed by atoms with Gasteiger partial charge in [0.1, 0.15) is 0 Å². The van der Waals surface area contributed by atoms with Gasteiger partial charge in [0.2, 0.25) is 5.91 Å². The zero-order chi connectivity index (χ0) is 22.0. The molecule has 0 radical (unpaired) electrons. The van der Waals surface area contributed by atoms with E-state index < -0.39 is 9.84 Å². The molecule has 10 heteroatoms. The molecule has 1 aliphatic heterocycles. The van der Waals surface area contributed by atoms with Crippen LogP contribution in [0.1, 0.15) is 17.5 Å². The van der Waals surface area contributed by atoms with Gasteiger partial charge >= 0.3 is 0 Å². The number of carbonyl (C=O) groups is 1. The number of nitrogens with one attached hydrogen (secondary N) is 1. The van der Waals surface area contributed by atoms with Gasteiger partial charge in [0.05, 0.1) is 22.9 Å². The zero-order valence-electron chi connectivity index (χ0n) is 17.3. The average Bonchev–Trinajstić information content (AvgIpc) is 3.30. The van der Waals surface area contributed by atoms with Crippen LogP contribution in [0.5, 0.6) is 0 Å². The summed E-state index contributed by atoms with van der Waals surface area (Å²) >= 11 is 1.27. The molecule has 3 heterocycles. The van der Waals surface area contributed by atoms with Crippen molar-refractivity contribution < 1.29 is 13.2 Å². The smallest absolute Gasteiger partial charge is 0.230 e. The van der Waals surface area contributed by atoms with Crippen molar-refractivity contribution in [3.8, 4) is 17.1 Å². The third kappa shape index (κ3) is 4.96. The molecule has 4 rings (SSSR count). The van der Waals surface area contributed by atoms with E-state index in [0.29, 0.717) is 17.4 Å². The Morgan fingerprint density at radius 2 is 2.10 bits per heavy atom. The second-order valence-corrected chi connectivity index (χ2v) is 10.8. The molecule has 1 fully saturated rings. The number of nitrogens with zero attached hydrogens (tertiary/aromatic N) is 4. The van der Waals surface area contributed by atoms with Crippen LogP contribution in [0.25, 0.3) is 17.1 Å². The summed E-state index contributed by atoms with van der Waals surface area (Å²) in [5.74, 6) is 0.676. The largest absolute Gasteiger partial charge is 0.352 e. The first-order valence-electron chi connectivity index (χ1n) is 9.88. The Hall–Kier alpha value is -2.72. The Bertz CT molecular complexity index is 1210. The van der Waals surface area contributed by atoms with Crippen molar-refractivity contribution in [1.82, 2.24) is 25.1 Å². The molecule has 1 saturated heterocycles. The third-order valence-corrected chi connectivity index (χ3v) is 7.77. The molecule has 0 bridgehead atoms. The van der Waals surface area contributed by atoms with E-state index in [4.69, 9.17) is 0 Å². The Morgan fingerprint density at radius 3 is 2.77 bits per heavy atom. The third-order valence-electron chi connectivity index (χ3n) is 5.08. The Labute approximate surface area is 185 Å². The van der Waals surface area contributed by atoms with Crippen molar-refractivity contribution in [2.75, 3.05) is 17.3 Å². The molecule has 0 saturated carbocycles. The van der Waals surface area contributed by atoms with Crippen LogP contribution in [-0.4, -0.2) is 57.4 Å². The van der Waals surface area contributed by atoms with E-state index in [9.17, 15) is 13.2 Å². The summed E-state index contributed by atoms with van der Waals surface area (Å²) in [4.78, 5) is 16.6. The lowest BCUT2D eigenvalue weighted by Crippen LogP contribution is -2.36. The number of amides is 1. The molecule has 3 aromatic rings. The maximum atomic E-state index is 12.4. The molecule has 1 amide bonds. The fraction of sp³-hybridized carbons (Fsp3) is 0.333. The summed E-state index contributed by atoms with van der Waals surface area (Å²) in [6, 6.07) is 9.56. The number of sulfone groups is 1. The normalized spacial score (nSPS) is 17.5. The average molecular weight is 458 g/mol. The molecule has 1 N–H and O–H groups in total. The first-order chi connectivity index (χ1) is 14.8. The zero-order valence-corrected chi connectivity index (χ0v) is 18.9. The molecule has 8 nitrogen and oxygen atoms in total. The molecular weight excluding hydrogens is 434 g/mol. The van der Waals surface area contributed by atoms with Crippen molar-refractivity contribution in [3.63, 3.8) is 0 Å². The summed E-state index contributed by atoms with van der Waals surface area (Å²) < 4.78 is 25.2. The van der Waals surface area contributed by atoms with Gasteiger partial charge < -0.3 is 5.32 Å². The lowest BCUT2D eigenvalue weighted by Gasteiger charge is -2.14. The number of thioether (sulfide) groups is 1. The van der Waals surface area contributed by atoms with Gasteiger partial charge in [0.15, 0.2) is 20.8 Å². The fourth-order valence-corrected chi connectivity index (χ4v) is 6.06. The molecule has 0 spiro atoms. The highest BCUT2D eigenvalue weighted by Gasteiger charge is 2.29. The summed E-state index contributed by atoms with van der Waals surface area (Å²) in [6.07, 6.45) is 3.89. The van der Waals surface area contributed by atoms with E-state index in [0.717, 1.165) is 22.4 Å². The summed E-state index contributed by atoms with van der Waals surface area (Å²) in [6.45, 7) is 4.06. The topological polar surface area (TPSA) is 107 Å². The van der Waals surface area contributed by atoms with Gasteiger partial charge in [0.25, 0.3) is 0 Å². The monoisotopic (exact) mass is 457 g/mol.